The van der Waals surface area contributed by atoms with Crippen molar-refractivity contribution in [1.29, 1.82) is 0 Å². The van der Waals surface area contributed by atoms with Crippen molar-refractivity contribution in [2.24, 2.45) is 7.05 Å². The van der Waals surface area contributed by atoms with E-state index in [2.05, 4.69) is 15.2 Å². The first-order valence-electron chi connectivity index (χ1n) is 7.12. The number of nitrogens with zero attached hydrogens (tertiary/aromatic N) is 2. The summed E-state index contributed by atoms with van der Waals surface area (Å²) < 4.78 is 42.6. The SMILES string of the molecule is Cn1nccc1-c1cccc(Nc2cccc(OC(F)(F)F)c2)c1. The van der Waals surface area contributed by atoms with Crippen LogP contribution in [0.4, 0.5) is 24.5 Å². The second-order valence-corrected chi connectivity index (χ2v) is 5.12. The Bertz CT molecular complexity index is 843. The number of hydrogen-bond acceptors (Lipinski definition) is 3. The predicted octanol–water partition coefficient (Wildman–Crippen LogP) is 4.73. The summed E-state index contributed by atoms with van der Waals surface area (Å²) >= 11 is 0. The highest BCUT2D eigenvalue weighted by Gasteiger charge is 2.31. The molecule has 0 aliphatic carbocycles. The summed E-state index contributed by atoms with van der Waals surface area (Å²) in [6.07, 6.45) is -3.01. The van der Waals surface area contributed by atoms with E-state index in [1.165, 1.54) is 18.2 Å². The van der Waals surface area contributed by atoms with Crippen molar-refractivity contribution >= 4 is 11.4 Å². The molecule has 3 aromatic rings. The fraction of sp³-hybridized carbons (Fsp3) is 0.118. The van der Waals surface area contributed by atoms with E-state index in [1.54, 1.807) is 16.9 Å². The number of ether oxygens (including phenoxy) is 1. The zero-order valence-electron chi connectivity index (χ0n) is 12.7. The Hall–Kier alpha value is -2.96. The first-order chi connectivity index (χ1) is 11.4. The fourth-order valence-electron chi connectivity index (χ4n) is 2.35. The summed E-state index contributed by atoms with van der Waals surface area (Å²) in [4.78, 5) is 0. The molecule has 0 aliphatic heterocycles. The van der Waals surface area contributed by atoms with Crippen LogP contribution in [0, 0.1) is 0 Å². The summed E-state index contributed by atoms with van der Waals surface area (Å²) in [5.41, 5.74) is 3.13. The van der Waals surface area contributed by atoms with Crippen molar-refractivity contribution in [1.82, 2.24) is 9.78 Å². The highest BCUT2D eigenvalue weighted by atomic mass is 19.4. The van der Waals surface area contributed by atoms with Crippen LogP contribution in [0.25, 0.3) is 11.3 Å². The number of benzene rings is 2. The molecule has 0 saturated carbocycles. The summed E-state index contributed by atoms with van der Waals surface area (Å²) in [6, 6.07) is 15.1. The minimum absolute atomic E-state index is 0.268. The normalized spacial score (nSPS) is 11.3. The molecule has 0 bridgehead atoms. The second kappa shape index (κ2) is 6.27. The van der Waals surface area contributed by atoms with Gasteiger partial charge in [0.2, 0.25) is 0 Å². The second-order valence-electron chi connectivity index (χ2n) is 5.12. The molecule has 0 saturated heterocycles. The Morgan fingerprint density at radius 1 is 1.00 bits per heavy atom. The quantitative estimate of drug-likeness (QED) is 0.750. The minimum atomic E-state index is -4.71. The fourth-order valence-corrected chi connectivity index (χ4v) is 2.35. The van der Waals surface area contributed by atoms with Crippen molar-refractivity contribution in [2.75, 3.05) is 5.32 Å². The Kier molecular flexibility index (Phi) is 4.16. The van der Waals surface area contributed by atoms with E-state index in [-0.39, 0.29) is 5.75 Å². The lowest BCUT2D eigenvalue weighted by Gasteiger charge is -2.12. The topological polar surface area (TPSA) is 39.1 Å². The third-order valence-corrected chi connectivity index (χ3v) is 3.34. The lowest BCUT2D eigenvalue weighted by molar-refractivity contribution is -0.274. The number of halogens is 3. The first kappa shape index (κ1) is 15.9. The van der Waals surface area contributed by atoms with Crippen LogP contribution in [-0.2, 0) is 7.05 Å². The van der Waals surface area contributed by atoms with E-state index in [4.69, 9.17) is 0 Å². The Morgan fingerprint density at radius 2 is 1.71 bits per heavy atom. The van der Waals surface area contributed by atoms with Gasteiger partial charge in [-0.05, 0) is 30.3 Å². The minimum Gasteiger partial charge on any atom is -0.406 e. The van der Waals surface area contributed by atoms with Gasteiger partial charge in [0, 0.05) is 36.2 Å². The molecule has 24 heavy (non-hydrogen) atoms. The number of nitrogens with one attached hydrogen (secondary N) is 1. The van der Waals surface area contributed by atoms with E-state index in [0.717, 1.165) is 16.9 Å². The average Bonchev–Trinajstić information content (AvgIpc) is 2.92. The molecule has 1 aromatic heterocycles. The molecular weight excluding hydrogens is 319 g/mol. The molecule has 7 heteroatoms. The van der Waals surface area contributed by atoms with E-state index in [1.807, 2.05) is 37.4 Å². The van der Waals surface area contributed by atoms with Gasteiger partial charge in [-0.1, -0.05) is 18.2 Å². The summed E-state index contributed by atoms with van der Waals surface area (Å²) in [5.74, 6) is -0.268. The molecule has 3 rings (SSSR count). The van der Waals surface area contributed by atoms with Crippen LogP contribution in [0.2, 0.25) is 0 Å². The third kappa shape index (κ3) is 3.87. The summed E-state index contributed by atoms with van der Waals surface area (Å²) in [6.45, 7) is 0. The van der Waals surface area contributed by atoms with Gasteiger partial charge in [-0.3, -0.25) is 4.68 Å². The van der Waals surface area contributed by atoms with Crippen molar-refractivity contribution < 1.29 is 17.9 Å². The van der Waals surface area contributed by atoms with E-state index >= 15 is 0 Å². The van der Waals surface area contributed by atoms with Crippen LogP contribution in [0.3, 0.4) is 0 Å². The predicted molar refractivity (Wildman–Crippen MR) is 85.1 cm³/mol. The van der Waals surface area contributed by atoms with Gasteiger partial charge in [-0.15, -0.1) is 13.2 Å². The van der Waals surface area contributed by atoms with Gasteiger partial charge in [-0.2, -0.15) is 5.10 Å². The number of aromatic nitrogens is 2. The van der Waals surface area contributed by atoms with Crippen LogP contribution in [-0.4, -0.2) is 16.1 Å². The molecule has 0 atom stereocenters. The Balaban J connectivity index is 1.82. The van der Waals surface area contributed by atoms with Crippen LogP contribution >= 0.6 is 0 Å². The number of rotatable bonds is 4. The Labute approximate surface area is 136 Å². The van der Waals surface area contributed by atoms with E-state index in [0.29, 0.717) is 5.69 Å². The smallest absolute Gasteiger partial charge is 0.406 e. The molecule has 0 unspecified atom stereocenters. The molecule has 0 radical (unpaired) electrons. The molecule has 4 nitrogen and oxygen atoms in total. The first-order valence-corrected chi connectivity index (χ1v) is 7.12. The van der Waals surface area contributed by atoms with Gasteiger partial charge in [-0.25, -0.2) is 0 Å². The van der Waals surface area contributed by atoms with Crippen LogP contribution < -0.4 is 10.1 Å². The van der Waals surface area contributed by atoms with Crippen molar-refractivity contribution in [2.45, 2.75) is 6.36 Å². The number of hydrogen-bond donors (Lipinski definition) is 1. The van der Waals surface area contributed by atoms with Crippen molar-refractivity contribution in [3.05, 3.63) is 60.8 Å². The van der Waals surface area contributed by atoms with Gasteiger partial charge in [0.05, 0.1) is 5.69 Å². The molecular formula is C17H14F3N3O. The molecule has 1 N–H and O–H groups in total. The van der Waals surface area contributed by atoms with Gasteiger partial charge in [0.15, 0.2) is 0 Å². The molecule has 0 amide bonds. The largest absolute Gasteiger partial charge is 0.573 e. The van der Waals surface area contributed by atoms with Crippen LogP contribution in [0.1, 0.15) is 0 Å². The van der Waals surface area contributed by atoms with Crippen LogP contribution in [0.5, 0.6) is 5.75 Å². The number of alkyl halides is 3. The van der Waals surface area contributed by atoms with Crippen LogP contribution in [0.15, 0.2) is 60.8 Å². The average molecular weight is 333 g/mol. The summed E-state index contributed by atoms with van der Waals surface area (Å²) in [7, 11) is 1.84. The maximum atomic E-state index is 12.3. The number of anilines is 2. The maximum absolute atomic E-state index is 12.3. The lowest BCUT2D eigenvalue weighted by Crippen LogP contribution is -2.17. The maximum Gasteiger partial charge on any atom is 0.573 e. The standard InChI is InChI=1S/C17H14F3N3O/c1-23-16(8-9-21-23)12-4-2-5-13(10-12)22-14-6-3-7-15(11-14)24-17(18,19)20/h2-11,22H,1H3. The highest BCUT2D eigenvalue weighted by molar-refractivity contribution is 5.69. The highest BCUT2D eigenvalue weighted by Crippen LogP contribution is 2.28. The zero-order chi connectivity index (χ0) is 17.2. The molecule has 1 heterocycles. The van der Waals surface area contributed by atoms with Gasteiger partial charge < -0.3 is 10.1 Å². The Morgan fingerprint density at radius 3 is 2.38 bits per heavy atom. The molecule has 0 spiro atoms. The molecule has 2 aromatic carbocycles. The van der Waals surface area contributed by atoms with Gasteiger partial charge in [0.25, 0.3) is 0 Å². The molecule has 124 valence electrons. The number of aryl methyl sites for hydroxylation is 1. The molecule has 0 aliphatic rings. The zero-order valence-corrected chi connectivity index (χ0v) is 12.7. The monoisotopic (exact) mass is 333 g/mol. The lowest BCUT2D eigenvalue weighted by atomic mass is 10.1. The van der Waals surface area contributed by atoms with Crippen molar-refractivity contribution in [3.8, 4) is 17.0 Å². The molecule has 0 fully saturated rings. The third-order valence-electron chi connectivity index (χ3n) is 3.34. The summed E-state index contributed by atoms with van der Waals surface area (Å²) in [5, 5.41) is 7.20. The van der Waals surface area contributed by atoms with Crippen molar-refractivity contribution in [3.63, 3.8) is 0 Å². The van der Waals surface area contributed by atoms with E-state index in [9.17, 15) is 13.2 Å². The van der Waals surface area contributed by atoms with Gasteiger partial charge in [0.1, 0.15) is 5.75 Å². The van der Waals surface area contributed by atoms with E-state index < -0.39 is 6.36 Å². The van der Waals surface area contributed by atoms with Gasteiger partial charge >= 0.3 is 6.36 Å².